The monoisotopic (exact) mass is 275 g/mol. The zero-order chi connectivity index (χ0) is 14.5. The predicted molar refractivity (Wildman–Crippen MR) is 78.1 cm³/mol. The van der Waals surface area contributed by atoms with Gasteiger partial charge in [-0.05, 0) is 49.9 Å². The Labute approximate surface area is 119 Å². The standard InChI is InChI=1S/C16H21NO3/c1-11(12-4-2-3-5-12)17-14-8-6-13(7-9-14)15(18)10-16(19)20/h6-9,11-12,17H,2-5,10H2,1H3,(H,19,20). The van der Waals surface area contributed by atoms with Crippen molar-refractivity contribution in [1.82, 2.24) is 0 Å². The summed E-state index contributed by atoms with van der Waals surface area (Å²) in [5, 5.41) is 12.1. The summed E-state index contributed by atoms with van der Waals surface area (Å²) in [6.45, 7) is 2.19. The maximum absolute atomic E-state index is 11.6. The number of carboxylic acid groups (broad SMARTS) is 1. The lowest BCUT2D eigenvalue weighted by atomic mass is 9.99. The first-order valence-corrected chi connectivity index (χ1v) is 7.18. The number of benzene rings is 1. The molecule has 0 aliphatic heterocycles. The molecule has 0 amide bonds. The van der Waals surface area contributed by atoms with Gasteiger partial charge in [0.05, 0.1) is 0 Å². The quantitative estimate of drug-likeness (QED) is 0.617. The van der Waals surface area contributed by atoms with Crippen molar-refractivity contribution in [3.63, 3.8) is 0 Å². The van der Waals surface area contributed by atoms with Crippen LogP contribution in [-0.4, -0.2) is 22.9 Å². The number of aliphatic carboxylic acids is 1. The minimum Gasteiger partial charge on any atom is -0.481 e. The molecule has 0 bridgehead atoms. The van der Waals surface area contributed by atoms with Gasteiger partial charge in [0, 0.05) is 17.3 Å². The van der Waals surface area contributed by atoms with Gasteiger partial charge < -0.3 is 10.4 Å². The summed E-state index contributed by atoms with van der Waals surface area (Å²) in [7, 11) is 0. The molecule has 0 radical (unpaired) electrons. The third-order valence-electron chi connectivity index (χ3n) is 4.02. The molecule has 0 saturated heterocycles. The molecule has 1 saturated carbocycles. The van der Waals surface area contributed by atoms with E-state index in [9.17, 15) is 9.59 Å². The fourth-order valence-corrected chi connectivity index (χ4v) is 2.83. The summed E-state index contributed by atoms with van der Waals surface area (Å²) < 4.78 is 0. The lowest BCUT2D eigenvalue weighted by molar-refractivity contribution is -0.135. The van der Waals surface area contributed by atoms with Gasteiger partial charge in [-0.2, -0.15) is 0 Å². The molecule has 0 heterocycles. The molecule has 4 heteroatoms. The highest BCUT2D eigenvalue weighted by Gasteiger charge is 2.21. The summed E-state index contributed by atoms with van der Waals surface area (Å²) in [4.78, 5) is 22.1. The number of carboxylic acids is 1. The highest BCUT2D eigenvalue weighted by molar-refractivity contribution is 6.05. The van der Waals surface area contributed by atoms with Crippen LogP contribution >= 0.6 is 0 Å². The summed E-state index contributed by atoms with van der Waals surface area (Å²) in [5.74, 6) is -0.719. The Morgan fingerprint density at radius 1 is 1.25 bits per heavy atom. The van der Waals surface area contributed by atoms with E-state index in [-0.39, 0.29) is 5.78 Å². The Balaban J connectivity index is 1.94. The van der Waals surface area contributed by atoms with Gasteiger partial charge in [-0.3, -0.25) is 9.59 Å². The minimum atomic E-state index is -1.09. The molecule has 1 atom stereocenters. The third-order valence-corrected chi connectivity index (χ3v) is 4.02. The summed E-state index contributed by atoms with van der Waals surface area (Å²) >= 11 is 0. The summed E-state index contributed by atoms with van der Waals surface area (Å²) in [6.07, 6.45) is 4.75. The molecule has 0 aromatic heterocycles. The molecule has 4 nitrogen and oxygen atoms in total. The molecule has 1 aromatic carbocycles. The van der Waals surface area contributed by atoms with E-state index in [0.717, 1.165) is 11.6 Å². The van der Waals surface area contributed by atoms with E-state index >= 15 is 0 Å². The number of anilines is 1. The molecule has 20 heavy (non-hydrogen) atoms. The largest absolute Gasteiger partial charge is 0.481 e. The van der Waals surface area contributed by atoms with Crippen molar-refractivity contribution >= 4 is 17.4 Å². The topological polar surface area (TPSA) is 66.4 Å². The first-order chi connectivity index (χ1) is 9.56. The van der Waals surface area contributed by atoms with Crippen LogP contribution < -0.4 is 5.32 Å². The van der Waals surface area contributed by atoms with Gasteiger partial charge in [-0.15, -0.1) is 0 Å². The predicted octanol–water partition coefficient (Wildman–Crippen LogP) is 3.33. The van der Waals surface area contributed by atoms with Crippen molar-refractivity contribution in [3.05, 3.63) is 29.8 Å². The van der Waals surface area contributed by atoms with Gasteiger partial charge >= 0.3 is 5.97 Å². The van der Waals surface area contributed by atoms with Crippen molar-refractivity contribution in [2.24, 2.45) is 5.92 Å². The van der Waals surface area contributed by atoms with Crippen molar-refractivity contribution in [3.8, 4) is 0 Å². The molecule has 1 fully saturated rings. The molecule has 1 unspecified atom stereocenters. The summed E-state index contributed by atoms with van der Waals surface area (Å²) in [6, 6.07) is 7.50. The Morgan fingerprint density at radius 3 is 2.40 bits per heavy atom. The maximum atomic E-state index is 11.6. The molecule has 2 rings (SSSR count). The van der Waals surface area contributed by atoms with E-state index in [1.54, 1.807) is 12.1 Å². The Kier molecular flexibility index (Phi) is 4.77. The highest BCUT2D eigenvalue weighted by Crippen LogP contribution is 2.29. The molecule has 1 aromatic rings. The van der Waals surface area contributed by atoms with Gasteiger partial charge in [-0.1, -0.05) is 12.8 Å². The number of carbonyl (C=O) groups is 2. The highest BCUT2D eigenvalue weighted by atomic mass is 16.4. The van der Waals surface area contributed by atoms with Crippen LogP contribution in [-0.2, 0) is 4.79 Å². The smallest absolute Gasteiger partial charge is 0.311 e. The van der Waals surface area contributed by atoms with Gasteiger partial charge in [-0.25, -0.2) is 0 Å². The molecule has 0 spiro atoms. The van der Waals surface area contributed by atoms with E-state index in [1.807, 2.05) is 12.1 Å². The SMILES string of the molecule is CC(Nc1ccc(C(=O)CC(=O)O)cc1)C1CCCC1. The van der Waals surface area contributed by atoms with E-state index in [1.165, 1.54) is 25.7 Å². The van der Waals surface area contributed by atoms with Crippen molar-refractivity contribution < 1.29 is 14.7 Å². The van der Waals surface area contributed by atoms with Crippen LogP contribution in [0.25, 0.3) is 0 Å². The molecule has 2 N–H and O–H groups in total. The average Bonchev–Trinajstić information content (AvgIpc) is 2.92. The number of hydrogen-bond donors (Lipinski definition) is 2. The molecule has 1 aliphatic carbocycles. The normalized spacial score (nSPS) is 16.9. The third kappa shape index (κ3) is 3.83. The van der Waals surface area contributed by atoms with Crippen LogP contribution in [0.4, 0.5) is 5.69 Å². The number of carbonyl (C=O) groups excluding carboxylic acids is 1. The van der Waals surface area contributed by atoms with E-state index in [4.69, 9.17) is 5.11 Å². The molecule has 108 valence electrons. The lowest BCUT2D eigenvalue weighted by Gasteiger charge is -2.21. The van der Waals surface area contributed by atoms with Crippen molar-refractivity contribution in [2.75, 3.05) is 5.32 Å². The zero-order valence-corrected chi connectivity index (χ0v) is 11.8. The van der Waals surface area contributed by atoms with E-state index < -0.39 is 12.4 Å². The van der Waals surface area contributed by atoms with Crippen LogP contribution in [0.5, 0.6) is 0 Å². The number of hydrogen-bond acceptors (Lipinski definition) is 3. The summed E-state index contributed by atoms with van der Waals surface area (Å²) in [5.41, 5.74) is 1.43. The Hall–Kier alpha value is -1.84. The number of nitrogens with one attached hydrogen (secondary N) is 1. The van der Waals surface area contributed by atoms with Crippen LogP contribution in [0.2, 0.25) is 0 Å². The van der Waals surface area contributed by atoms with Gasteiger partial charge in [0.15, 0.2) is 5.78 Å². The van der Waals surface area contributed by atoms with Gasteiger partial charge in [0.2, 0.25) is 0 Å². The number of Topliss-reactive ketones (excluding diaryl/α,β-unsaturated/α-hetero) is 1. The van der Waals surface area contributed by atoms with Crippen LogP contribution in [0.1, 0.15) is 49.4 Å². The fraction of sp³-hybridized carbons (Fsp3) is 0.500. The Morgan fingerprint density at radius 2 is 1.85 bits per heavy atom. The fourth-order valence-electron chi connectivity index (χ4n) is 2.83. The van der Waals surface area contributed by atoms with Crippen LogP contribution in [0.15, 0.2) is 24.3 Å². The van der Waals surface area contributed by atoms with Gasteiger partial charge in [0.25, 0.3) is 0 Å². The maximum Gasteiger partial charge on any atom is 0.311 e. The number of rotatable bonds is 6. The second kappa shape index (κ2) is 6.55. The lowest BCUT2D eigenvalue weighted by Crippen LogP contribution is -2.23. The van der Waals surface area contributed by atoms with Crippen molar-refractivity contribution in [2.45, 2.75) is 45.1 Å². The second-order valence-electron chi connectivity index (χ2n) is 5.55. The van der Waals surface area contributed by atoms with Crippen LogP contribution in [0.3, 0.4) is 0 Å². The first kappa shape index (κ1) is 14.6. The average molecular weight is 275 g/mol. The van der Waals surface area contributed by atoms with E-state index in [2.05, 4.69) is 12.2 Å². The zero-order valence-electron chi connectivity index (χ0n) is 11.8. The number of ketones is 1. The Bertz CT molecular complexity index is 475. The minimum absolute atomic E-state index is 0.354. The van der Waals surface area contributed by atoms with E-state index in [0.29, 0.717) is 11.6 Å². The molecular formula is C16H21NO3. The van der Waals surface area contributed by atoms with Crippen molar-refractivity contribution in [1.29, 1.82) is 0 Å². The van der Waals surface area contributed by atoms with Crippen LogP contribution in [0, 0.1) is 5.92 Å². The van der Waals surface area contributed by atoms with Gasteiger partial charge in [0.1, 0.15) is 6.42 Å². The molecule has 1 aliphatic rings. The molecular weight excluding hydrogens is 254 g/mol. The second-order valence-corrected chi connectivity index (χ2v) is 5.55. The first-order valence-electron chi connectivity index (χ1n) is 7.18.